The number of thioether (sulfide) groups is 1. The summed E-state index contributed by atoms with van der Waals surface area (Å²) in [4.78, 5) is 0. The first kappa shape index (κ1) is 7.73. The van der Waals surface area contributed by atoms with Gasteiger partial charge in [-0.15, -0.1) is 11.8 Å². The van der Waals surface area contributed by atoms with E-state index in [0.717, 1.165) is 6.54 Å². The summed E-state index contributed by atoms with van der Waals surface area (Å²) in [5, 5.41) is 4.65. The molecule has 1 heterocycles. The second-order valence-corrected chi connectivity index (χ2v) is 3.11. The molecule has 0 aromatic rings. The van der Waals surface area contributed by atoms with Gasteiger partial charge in [-0.3, -0.25) is 0 Å². The summed E-state index contributed by atoms with van der Waals surface area (Å²) >= 11 is 1.78. The van der Waals surface area contributed by atoms with Crippen LogP contribution < -0.4 is 5.32 Å². The first-order chi connectivity index (χ1) is 4.88. The van der Waals surface area contributed by atoms with E-state index in [1.807, 2.05) is 6.08 Å². The Hall–Kier alpha value is -0.370. The topological polar surface area (TPSA) is 12.0 Å². The second-order valence-electron chi connectivity index (χ2n) is 2.29. The molecule has 56 valence electrons. The Balaban J connectivity index is 2.72. The summed E-state index contributed by atoms with van der Waals surface area (Å²) in [5.41, 5.74) is 1.37. The van der Waals surface area contributed by atoms with Crippen molar-refractivity contribution in [3.8, 4) is 0 Å². The van der Waals surface area contributed by atoms with Crippen molar-refractivity contribution < 1.29 is 0 Å². The minimum atomic E-state index is 1.12. The molecule has 0 saturated heterocycles. The predicted octanol–water partition coefficient (Wildman–Crippen LogP) is 2.13. The summed E-state index contributed by atoms with van der Waals surface area (Å²) in [6.07, 6.45) is 6.48. The van der Waals surface area contributed by atoms with Crippen molar-refractivity contribution in [1.29, 1.82) is 0 Å². The lowest BCUT2D eigenvalue weighted by Gasteiger charge is -2.17. The maximum Gasteiger partial charge on any atom is 0.0711 e. The third-order valence-electron chi connectivity index (χ3n) is 1.65. The molecule has 0 saturated carbocycles. The Morgan fingerprint density at radius 3 is 3.00 bits per heavy atom. The molecule has 1 aliphatic heterocycles. The highest BCUT2D eigenvalue weighted by molar-refractivity contribution is 8.02. The molecule has 1 rings (SSSR count). The highest BCUT2D eigenvalue weighted by atomic mass is 32.2. The quantitative estimate of drug-likeness (QED) is 0.655. The third kappa shape index (κ3) is 1.57. The van der Waals surface area contributed by atoms with Crippen LogP contribution in [0.25, 0.3) is 0 Å². The van der Waals surface area contributed by atoms with Gasteiger partial charge in [-0.1, -0.05) is 12.7 Å². The average molecular weight is 155 g/mol. The van der Waals surface area contributed by atoms with Crippen LogP contribution in [0.5, 0.6) is 0 Å². The van der Waals surface area contributed by atoms with E-state index in [9.17, 15) is 0 Å². The van der Waals surface area contributed by atoms with Gasteiger partial charge in [-0.05, 0) is 24.7 Å². The number of rotatable bonds is 2. The van der Waals surface area contributed by atoms with Crippen LogP contribution >= 0.6 is 11.8 Å². The van der Waals surface area contributed by atoms with Crippen molar-refractivity contribution in [1.82, 2.24) is 5.32 Å². The predicted molar refractivity (Wildman–Crippen MR) is 48.0 cm³/mol. The van der Waals surface area contributed by atoms with Crippen LogP contribution in [-0.2, 0) is 0 Å². The highest BCUT2D eigenvalue weighted by Gasteiger charge is 2.06. The second kappa shape index (κ2) is 3.71. The van der Waals surface area contributed by atoms with Gasteiger partial charge in [0.25, 0.3) is 0 Å². The van der Waals surface area contributed by atoms with Crippen LogP contribution in [0, 0.1) is 0 Å². The largest absolute Gasteiger partial charge is 0.380 e. The molecule has 0 aromatic heterocycles. The maximum atomic E-state index is 3.77. The molecule has 0 unspecified atom stereocenters. The van der Waals surface area contributed by atoms with E-state index in [-0.39, 0.29) is 0 Å². The molecule has 0 aliphatic carbocycles. The van der Waals surface area contributed by atoms with Gasteiger partial charge in [0.15, 0.2) is 0 Å². The van der Waals surface area contributed by atoms with Gasteiger partial charge < -0.3 is 5.32 Å². The number of allylic oxidation sites excluding steroid dienone is 2. The van der Waals surface area contributed by atoms with Crippen LogP contribution in [0.1, 0.15) is 12.8 Å². The smallest absolute Gasteiger partial charge is 0.0711 e. The molecular formula is C8H13NS. The van der Waals surface area contributed by atoms with E-state index in [2.05, 4.69) is 18.2 Å². The van der Waals surface area contributed by atoms with Gasteiger partial charge in [-0.25, -0.2) is 0 Å². The highest BCUT2D eigenvalue weighted by Crippen LogP contribution is 2.21. The molecule has 1 aliphatic rings. The minimum absolute atomic E-state index is 1.12. The first-order valence-corrected chi connectivity index (χ1v) is 4.74. The number of nitrogens with one attached hydrogen (secondary N) is 1. The minimum Gasteiger partial charge on any atom is -0.380 e. The van der Waals surface area contributed by atoms with Gasteiger partial charge in [0, 0.05) is 6.54 Å². The van der Waals surface area contributed by atoms with Crippen LogP contribution in [0.15, 0.2) is 23.3 Å². The Morgan fingerprint density at radius 2 is 2.50 bits per heavy atom. The molecule has 0 fully saturated rings. The van der Waals surface area contributed by atoms with Crippen molar-refractivity contribution in [3.05, 3.63) is 23.3 Å². The lowest BCUT2D eigenvalue weighted by atomic mass is 10.1. The van der Waals surface area contributed by atoms with E-state index < -0.39 is 0 Å². The SMILES string of the molecule is C=CC1=C(SC)NCCC1. The van der Waals surface area contributed by atoms with Crippen LogP contribution in [0.4, 0.5) is 0 Å². The standard InChI is InChI=1S/C8H13NS/c1-3-7-5-4-6-9-8(7)10-2/h3,9H,1,4-6H2,2H3. The zero-order chi connectivity index (χ0) is 7.40. The van der Waals surface area contributed by atoms with Crippen LogP contribution in [0.2, 0.25) is 0 Å². The molecule has 1 N–H and O–H groups in total. The Morgan fingerprint density at radius 1 is 1.70 bits per heavy atom. The molecule has 0 radical (unpaired) electrons. The van der Waals surface area contributed by atoms with E-state index in [0.29, 0.717) is 0 Å². The summed E-state index contributed by atoms with van der Waals surface area (Å²) < 4.78 is 0. The van der Waals surface area contributed by atoms with Crippen molar-refractivity contribution in [2.75, 3.05) is 12.8 Å². The lowest BCUT2D eigenvalue weighted by molar-refractivity contribution is 0.700. The normalized spacial score (nSPS) is 18.5. The molecule has 0 amide bonds. The van der Waals surface area contributed by atoms with Crippen LogP contribution in [0.3, 0.4) is 0 Å². The Bertz CT molecular complexity index is 161. The summed E-state index contributed by atoms with van der Waals surface area (Å²) in [7, 11) is 0. The third-order valence-corrected chi connectivity index (χ3v) is 2.47. The van der Waals surface area contributed by atoms with E-state index in [4.69, 9.17) is 0 Å². The average Bonchev–Trinajstić information content (AvgIpc) is 2.04. The maximum absolute atomic E-state index is 3.77. The Labute approximate surface area is 66.6 Å². The van der Waals surface area contributed by atoms with Crippen molar-refractivity contribution >= 4 is 11.8 Å². The van der Waals surface area contributed by atoms with Crippen molar-refractivity contribution in [3.63, 3.8) is 0 Å². The lowest BCUT2D eigenvalue weighted by Crippen LogP contribution is -2.18. The number of hydrogen-bond acceptors (Lipinski definition) is 2. The first-order valence-electron chi connectivity index (χ1n) is 3.52. The molecule has 0 bridgehead atoms. The fourth-order valence-corrected chi connectivity index (χ4v) is 1.80. The summed E-state index contributed by atoms with van der Waals surface area (Å²) in [6.45, 7) is 4.89. The molecule has 0 aromatic carbocycles. The fraction of sp³-hybridized carbons (Fsp3) is 0.500. The fourth-order valence-electron chi connectivity index (χ4n) is 1.11. The monoisotopic (exact) mass is 155 g/mol. The van der Waals surface area contributed by atoms with Gasteiger partial charge in [0.2, 0.25) is 0 Å². The van der Waals surface area contributed by atoms with E-state index in [1.165, 1.54) is 23.4 Å². The molecule has 0 spiro atoms. The van der Waals surface area contributed by atoms with Gasteiger partial charge >= 0.3 is 0 Å². The molecule has 1 nitrogen and oxygen atoms in total. The van der Waals surface area contributed by atoms with Crippen molar-refractivity contribution in [2.24, 2.45) is 0 Å². The van der Waals surface area contributed by atoms with E-state index in [1.54, 1.807) is 11.8 Å². The zero-order valence-electron chi connectivity index (χ0n) is 6.31. The summed E-state index contributed by atoms with van der Waals surface area (Å²) in [6, 6.07) is 0. The molecular weight excluding hydrogens is 142 g/mol. The van der Waals surface area contributed by atoms with E-state index >= 15 is 0 Å². The van der Waals surface area contributed by atoms with Gasteiger partial charge in [0.1, 0.15) is 0 Å². The van der Waals surface area contributed by atoms with Gasteiger partial charge in [-0.2, -0.15) is 0 Å². The Kier molecular flexibility index (Phi) is 2.87. The van der Waals surface area contributed by atoms with Gasteiger partial charge in [0.05, 0.1) is 5.03 Å². The molecule has 0 atom stereocenters. The number of hydrogen-bond donors (Lipinski definition) is 1. The molecule has 2 heteroatoms. The van der Waals surface area contributed by atoms with Crippen LogP contribution in [-0.4, -0.2) is 12.8 Å². The molecule has 10 heavy (non-hydrogen) atoms. The van der Waals surface area contributed by atoms with Crippen molar-refractivity contribution in [2.45, 2.75) is 12.8 Å². The zero-order valence-corrected chi connectivity index (χ0v) is 7.13. The summed E-state index contributed by atoms with van der Waals surface area (Å²) in [5.74, 6) is 0.